The average Bonchev–Trinajstić information content (AvgIpc) is 2.27. The molecule has 1 rings (SSSR count). The topological polar surface area (TPSA) is 113 Å². The van der Waals surface area contributed by atoms with Crippen LogP contribution in [0.4, 0.5) is 5.69 Å². The predicted octanol–water partition coefficient (Wildman–Crippen LogP) is 1.62. The van der Waals surface area contributed by atoms with Crippen molar-refractivity contribution >= 4 is 23.6 Å². The summed E-state index contributed by atoms with van der Waals surface area (Å²) in [6, 6.07) is 5.30. The Morgan fingerprint density at radius 3 is 1.65 bits per heavy atom. The maximum Gasteiger partial charge on any atom is 0.310 e. The zero-order valence-corrected chi connectivity index (χ0v) is 11.1. The summed E-state index contributed by atoms with van der Waals surface area (Å²) in [7, 11) is 0. The molecule has 0 amide bonds. The zero-order chi connectivity index (χ0) is 15.7. The van der Waals surface area contributed by atoms with E-state index in [0.717, 1.165) is 0 Å². The second-order valence-corrected chi connectivity index (χ2v) is 3.43. The third-order valence-electron chi connectivity index (χ3n) is 1.60. The van der Waals surface area contributed by atoms with Crippen molar-refractivity contribution in [2.45, 2.75) is 20.8 Å². The summed E-state index contributed by atoms with van der Waals surface area (Å²) in [5.41, 5.74) is -0.0316. The molecule has 0 unspecified atom stereocenters. The van der Waals surface area contributed by atoms with Crippen LogP contribution in [0.15, 0.2) is 24.3 Å². The number of nitro benzene ring substituents is 1. The number of benzene rings is 1. The number of hydrogen-bond donors (Lipinski definition) is 0. The number of non-ortho nitro benzene ring substituents is 1. The fourth-order valence-corrected chi connectivity index (χ4v) is 1.00. The number of esters is 3. The maximum atomic E-state index is 10.5. The summed E-state index contributed by atoms with van der Waals surface area (Å²) in [4.78, 5) is 39.8. The summed E-state index contributed by atoms with van der Waals surface area (Å²) in [5.74, 6) is -1.27. The van der Waals surface area contributed by atoms with Gasteiger partial charge < -0.3 is 9.47 Å². The Morgan fingerprint density at radius 1 is 0.950 bits per heavy atom. The van der Waals surface area contributed by atoms with Crippen molar-refractivity contribution in [3.8, 4) is 5.75 Å². The van der Waals surface area contributed by atoms with Gasteiger partial charge in [0.2, 0.25) is 0 Å². The van der Waals surface area contributed by atoms with Gasteiger partial charge in [0, 0.05) is 32.9 Å². The fraction of sp³-hybridized carbons (Fsp3) is 0.250. The summed E-state index contributed by atoms with van der Waals surface area (Å²) in [5, 5.41) is 10.2. The summed E-state index contributed by atoms with van der Waals surface area (Å²) >= 11 is 0. The van der Waals surface area contributed by atoms with Gasteiger partial charge in [-0.2, -0.15) is 0 Å². The fourth-order valence-electron chi connectivity index (χ4n) is 1.00. The molecule has 0 aliphatic heterocycles. The van der Waals surface area contributed by atoms with E-state index in [0.29, 0.717) is 5.75 Å². The molecule has 1 aromatic rings. The van der Waals surface area contributed by atoms with Gasteiger partial charge in [0.25, 0.3) is 5.69 Å². The summed E-state index contributed by atoms with van der Waals surface area (Å²) in [6.07, 6.45) is 0. The van der Waals surface area contributed by atoms with Gasteiger partial charge in [-0.1, -0.05) is 0 Å². The third-order valence-corrected chi connectivity index (χ3v) is 1.60. The zero-order valence-electron chi connectivity index (χ0n) is 11.1. The number of hydrogen-bond acceptors (Lipinski definition) is 7. The number of nitrogens with zero attached hydrogens (tertiary/aromatic N) is 1. The highest BCUT2D eigenvalue weighted by Crippen LogP contribution is 2.17. The van der Waals surface area contributed by atoms with E-state index in [1.807, 2.05) is 0 Å². The normalized spacial score (nSPS) is 8.75. The van der Waals surface area contributed by atoms with Crippen molar-refractivity contribution in [2.75, 3.05) is 0 Å². The van der Waals surface area contributed by atoms with E-state index in [1.165, 1.54) is 45.0 Å². The predicted molar refractivity (Wildman–Crippen MR) is 66.9 cm³/mol. The van der Waals surface area contributed by atoms with Gasteiger partial charge in [0.05, 0.1) is 4.92 Å². The van der Waals surface area contributed by atoms with E-state index >= 15 is 0 Å². The number of carbonyl (C=O) groups excluding carboxylic acids is 3. The van der Waals surface area contributed by atoms with Crippen LogP contribution < -0.4 is 4.74 Å². The van der Waals surface area contributed by atoms with Crippen LogP contribution in [0.25, 0.3) is 0 Å². The van der Waals surface area contributed by atoms with E-state index in [9.17, 15) is 24.5 Å². The van der Waals surface area contributed by atoms with E-state index in [1.54, 1.807) is 0 Å². The Balaban J connectivity index is 0.000000441. The summed E-state index contributed by atoms with van der Waals surface area (Å²) < 4.78 is 8.66. The molecule has 8 heteroatoms. The molecular formula is C12H13NO7. The molecule has 0 spiro atoms. The largest absolute Gasteiger partial charge is 0.427 e. The quantitative estimate of drug-likeness (QED) is 0.266. The van der Waals surface area contributed by atoms with Crippen LogP contribution in [0.2, 0.25) is 0 Å². The highest BCUT2D eigenvalue weighted by molar-refractivity contribution is 5.82. The van der Waals surface area contributed by atoms with Gasteiger partial charge in [0.1, 0.15) is 5.75 Å². The van der Waals surface area contributed by atoms with Crippen LogP contribution in [0, 0.1) is 10.1 Å². The number of rotatable bonds is 2. The lowest BCUT2D eigenvalue weighted by Gasteiger charge is -1.98. The number of ether oxygens (including phenoxy) is 2. The molecule has 0 aliphatic carbocycles. The van der Waals surface area contributed by atoms with Crippen molar-refractivity contribution in [2.24, 2.45) is 0 Å². The first-order valence-corrected chi connectivity index (χ1v) is 5.34. The molecule has 0 bridgehead atoms. The lowest BCUT2D eigenvalue weighted by Crippen LogP contribution is -2.03. The molecule has 0 aliphatic rings. The lowest BCUT2D eigenvalue weighted by atomic mass is 10.3. The van der Waals surface area contributed by atoms with E-state index in [-0.39, 0.29) is 5.69 Å². The lowest BCUT2D eigenvalue weighted by molar-refractivity contribution is -0.384. The van der Waals surface area contributed by atoms with Crippen LogP contribution in [0.3, 0.4) is 0 Å². The van der Waals surface area contributed by atoms with Gasteiger partial charge in [-0.25, -0.2) is 0 Å². The Kier molecular flexibility index (Phi) is 7.20. The van der Waals surface area contributed by atoms with E-state index < -0.39 is 22.8 Å². The molecule has 8 nitrogen and oxygen atoms in total. The minimum atomic E-state index is -0.562. The Morgan fingerprint density at radius 2 is 1.40 bits per heavy atom. The van der Waals surface area contributed by atoms with Crippen molar-refractivity contribution in [1.29, 1.82) is 0 Å². The van der Waals surface area contributed by atoms with E-state index in [4.69, 9.17) is 0 Å². The van der Waals surface area contributed by atoms with Crippen LogP contribution >= 0.6 is 0 Å². The van der Waals surface area contributed by atoms with Crippen LogP contribution in [-0.2, 0) is 19.1 Å². The van der Waals surface area contributed by atoms with Crippen LogP contribution in [0.1, 0.15) is 20.8 Å². The van der Waals surface area contributed by atoms with Crippen LogP contribution in [0.5, 0.6) is 5.75 Å². The SMILES string of the molecule is CC(=O)OC(C)=O.CC(=O)Oc1ccc([N+](=O)[O-])cc1. The molecule has 0 heterocycles. The molecular weight excluding hydrogens is 270 g/mol. The molecule has 0 radical (unpaired) electrons. The van der Waals surface area contributed by atoms with Crippen LogP contribution in [-0.4, -0.2) is 22.8 Å². The second kappa shape index (κ2) is 8.35. The maximum absolute atomic E-state index is 10.5. The monoisotopic (exact) mass is 283 g/mol. The minimum Gasteiger partial charge on any atom is -0.427 e. The Labute approximate surface area is 114 Å². The van der Waals surface area contributed by atoms with E-state index in [2.05, 4.69) is 9.47 Å². The molecule has 20 heavy (non-hydrogen) atoms. The highest BCUT2D eigenvalue weighted by atomic mass is 16.6. The van der Waals surface area contributed by atoms with Gasteiger partial charge >= 0.3 is 17.9 Å². The molecule has 0 N–H and O–H groups in total. The van der Waals surface area contributed by atoms with Gasteiger partial charge in [-0.05, 0) is 12.1 Å². The highest BCUT2D eigenvalue weighted by Gasteiger charge is 2.04. The minimum absolute atomic E-state index is 0.0316. The standard InChI is InChI=1S/C8H7NO4.C4H6O3/c1-6(10)13-8-4-2-7(3-5-8)9(11)12;1-3(5)7-4(2)6/h2-5H,1H3;1-2H3. The molecule has 0 fully saturated rings. The van der Waals surface area contributed by atoms with Gasteiger partial charge in [-0.3, -0.25) is 24.5 Å². The van der Waals surface area contributed by atoms with Gasteiger partial charge in [-0.15, -0.1) is 0 Å². The van der Waals surface area contributed by atoms with Crippen molar-refractivity contribution in [3.63, 3.8) is 0 Å². The summed E-state index contributed by atoms with van der Waals surface area (Å²) in [6.45, 7) is 3.63. The second-order valence-electron chi connectivity index (χ2n) is 3.43. The van der Waals surface area contributed by atoms with Crippen molar-refractivity contribution < 1.29 is 28.8 Å². The molecule has 0 aromatic heterocycles. The molecule has 0 saturated heterocycles. The Hall–Kier alpha value is -2.77. The third kappa shape index (κ3) is 8.34. The molecule has 108 valence electrons. The van der Waals surface area contributed by atoms with Gasteiger partial charge in [0.15, 0.2) is 0 Å². The first kappa shape index (κ1) is 17.2. The first-order valence-electron chi connectivity index (χ1n) is 5.34. The number of nitro groups is 1. The Bertz CT molecular complexity index is 495. The van der Waals surface area contributed by atoms with Crippen molar-refractivity contribution in [3.05, 3.63) is 34.4 Å². The smallest absolute Gasteiger partial charge is 0.310 e. The average molecular weight is 283 g/mol. The molecule has 0 saturated carbocycles. The number of carbonyl (C=O) groups is 3. The molecule has 0 atom stereocenters. The van der Waals surface area contributed by atoms with Crippen molar-refractivity contribution in [1.82, 2.24) is 0 Å². The first-order chi connectivity index (χ1) is 9.22. The molecule has 1 aromatic carbocycles.